The summed E-state index contributed by atoms with van der Waals surface area (Å²) in [5.41, 5.74) is 2.52. The Morgan fingerprint density at radius 1 is 0.952 bits per heavy atom. The van der Waals surface area contributed by atoms with Gasteiger partial charge in [-0.25, -0.2) is 0 Å². The van der Waals surface area contributed by atoms with E-state index in [4.69, 9.17) is 49.0 Å². The van der Waals surface area contributed by atoms with Crippen LogP contribution >= 0.6 is 34.8 Å². The number of carbonyl (C=O) groups is 2. The van der Waals surface area contributed by atoms with Crippen LogP contribution in [0, 0.1) is 5.41 Å². The Hall–Kier alpha value is -3.13. The normalized spacial score (nSPS) is 16.2. The Morgan fingerprint density at radius 2 is 1.69 bits per heavy atom. The van der Waals surface area contributed by atoms with E-state index in [9.17, 15) is 9.59 Å². The van der Waals surface area contributed by atoms with Crippen molar-refractivity contribution in [3.63, 3.8) is 0 Å². The van der Waals surface area contributed by atoms with Crippen molar-refractivity contribution < 1.29 is 23.8 Å². The predicted molar refractivity (Wildman–Crippen MR) is 166 cm³/mol. The number of methoxy groups -OCH3 is 1. The predicted octanol–water partition coefficient (Wildman–Crippen LogP) is 7.36. The second kappa shape index (κ2) is 13.0. The minimum Gasteiger partial charge on any atom is -0.497 e. The summed E-state index contributed by atoms with van der Waals surface area (Å²) >= 11 is 19.2. The molecule has 5 rings (SSSR count). The largest absolute Gasteiger partial charge is 0.497 e. The average Bonchev–Trinajstić information content (AvgIpc) is 2.99. The molecule has 0 unspecified atom stereocenters. The highest BCUT2D eigenvalue weighted by atomic mass is 35.5. The van der Waals surface area contributed by atoms with Crippen molar-refractivity contribution in [1.82, 2.24) is 0 Å². The quantitative estimate of drug-likeness (QED) is 0.230. The number of rotatable bonds is 9. The van der Waals surface area contributed by atoms with Crippen LogP contribution in [0.25, 0.3) is 0 Å². The van der Waals surface area contributed by atoms with Gasteiger partial charge in [-0.2, -0.15) is 0 Å². The summed E-state index contributed by atoms with van der Waals surface area (Å²) in [5, 5.41) is 1.63. The molecule has 0 aliphatic carbocycles. The topological polar surface area (TPSA) is 68.3 Å². The minimum absolute atomic E-state index is 0.00593. The summed E-state index contributed by atoms with van der Waals surface area (Å²) < 4.78 is 17.2. The molecule has 3 aromatic carbocycles. The SMILES string of the molecule is CCOC(=O)C1(COc2ccc(Cl)c3c2CCC(=O)N3Cc2ccc(OC)cc2)CCN(c2ccc(Cl)cc2Cl)CC1. The lowest BCUT2D eigenvalue weighted by Crippen LogP contribution is -2.48. The van der Waals surface area contributed by atoms with E-state index in [1.165, 1.54) is 0 Å². The van der Waals surface area contributed by atoms with E-state index in [0.29, 0.717) is 71.8 Å². The maximum absolute atomic E-state index is 13.3. The molecule has 1 amide bonds. The summed E-state index contributed by atoms with van der Waals surface area (Å²) in [6, 6.07) is 16.6. The van der Waals surface area contributed by atoms with Gasteiger partial charge in [-0.1, -0.05) is 46.9 Å². The lowest BCUT2D eigenvalue weighted by atomic mass is 9.79. The van der Waals surface area contributed by atoms with Gasteiger partial charge in [0, 0.05) is 30.1 Å². The Kier molecular flexibility index (Phi) is 9.41. The Bertz CT molecular complexity index is 1460. The molecule has 10 heteroatoms. The number of carbonyl (C=O) groups excluding carboxylic acids is 2. The fourth-order valence-corrected chi connectivity index (χ4v) is 6.46. The summed E-state index contributed by atoms with van der Waals surface area (Å²) in [6.45, 7) is 3.81. The van der Waals surface area contributed by atoms with Crippen molar-refractivity contribution in [2.24, 2.45) is 5.41 Å². The smallest absolute Gasteiger partial charge is 0.315 e. The van der Waals surface area contributed by atoms with Gasteiger partial charge in [-0.05, 0) is 74.2 Å². The van der Waals surface area contributed by atoms with Crippen molar-refractivity contribution in [2.45, 2.75) is 39.2 Å². The number of ether oxygens (including phenoxy) is 3. The molecule has 0 bridgehead atoms. The molecule has 1 saturated heterocycles. The van der Waals surface area contributed by atoms with Gasteiger partial charge in [0.1, 0.15) is 23.5 Å². The minimum atomic E-state index is -0.828. The first-order chi connectivity index (χ1) is 20.2. The number of fused-ring (bicyclic) bond motifs is 1. The molecule has 3 aromatic rings. The molecule has 42 heavy (non-hydrogen) atoms. The van der Waals surface area contributed by atoms with E-state index in [1.54, 1.807) is 31.1 Å². The summed E-state index contributed by atoms with van der Waals surface area (Å²) in [6.07, 6.45) is 1.89. The van der Waals surface area contributed by atoms with Crippen LogP contribution in [-0.4, -0.2) is 45.3 Å². The zero-order valence-electron chi connectivity index (χ0n) is 23.6. The molecule has 7 nitrogen and oxygen atoms in total. The molecule has 222 valence electrons. The zero-order chi connectivity index (χ0) is 29.9. The molecular weight excluding hydrogens is 599 g/mol. The van der Waals surface area contributed by atoms with Crippen molar-refractivity contribution >= 4 is 58.1 Å². The zero-order valence-corrected chi connectivity index (χ0v) is 25.9. The maximum atomic E-state index is 13.3. The van der Waals surface area contributed by atoms with Crippen molar-refractivity contribution in [1.29, 1.82) is 0 Å². The van der Waals surface area contributed by atoms with Gasteiger partial charge in [0.25, 0.3) is 0 Å². The number of hydrogen-bond donors (Lipinski definition) is 0. The van der Waals surface area contributed by atoms with E-state index >= 15 is 0 Å². The molecule has 0 spiro atoms. The second-order valence-corrected chi connectivity index (χ2v) is 11.8. The van der Waals surface area contributed by atoms with Crippen LogP contribution in [0.1, 0.15) is 37.3 Å². The van der Waals surface area contributed by atoms with Crippen LogP contribution in [-0.2, 0) is 27.3 Å². The molecule has 0 N–H and O–H groups in total. The van der Waals surface area contributed by atoms with Crippen LogP contribution in [0.2, 0.25) is 15.1 Å². The van der Waals surface area contributed by atoms with Gasteiger partial charge in [-0.15, -0.1) is 0 Å². The maximum Gasteiger partial charge on any atom is 0.315 e. The van der Waals surface area contributed by atoms with Gasteiger partial charge < -0.3 is 24.0 Å². The standard InChI is InChI=1S/C32H33Cl3N2O5/c1-3-41-31(39)32(14-16-36(17-15-32)27-11-6-22(33)18-26(27)35)20-42-28-12-10-25(34)30-24(28)9-13-29(38)37(30)19-21-4-7-23(40-2)8-5-21/h4-8,10-12,18H,3,9,13-17,19-20H2,1-2H3. The van der Waals surface area contributed by atoms with E-state index < -0.39 is 5.41 Å². The third-order valence-electron chi connectivity index (χ3n) is 8.03. The third-order valence-corrected chi connectivity index (χ3v) is 8.88. The second-order valence-electron chi connectivity index (χ2n) is 10.6. The number of piperidine rings is 1. The molecule has 2 aliphatic heterocycles. The van der Waals surface area contributed by atoms with E-state index in [-0.39, 0.29) is 25.1 Å². The number of hydrogen-bond acceptors (Lipinski definition) is 6. The first kappa shape index (κ1) is 30.3. The number of halogens is 3. The Labute approximate surface area is 261 Å². The lowest BCUT2D eigenvalue weighted by Gasteiger charge is -2.41. The van der Waals surface area contributed by atoms with Crippen molar-refractivity contribution in [3.05, 3.63) is 80.8 Å². The highest BCUT2D eigenvalue weighted by Gasteiger charge is 2.44. The monoisotopic (exact) mass is 630 g/mol. The molecule has 0 saturated carbocycles. The van der Waals surface area contributed by atoms with Crippen LogP contribution < -0.4 is 19.3 Å². The van der Waals surface area contributed by atoms with Crippen LogP contribution in [0.4, 0.5) is 11.4 Å². The van der Waals surface area contributed by atoms with E-state index in [0.717, 1.165) is 22.6 Å². The van der Waals surface area contributed by atoms with Gasteiger partial charge in [0.15, 0.2) is 0 Å². The summed E-state index contributed by atoms with van der Waals surface area (Å²) in [5.74, 6) is 1.09. The molecule has 1 fully saturated rings. The van der Waals surface area contributed by atoms with Gasteiger partial charge in [0.05, 0.1) is 41.7 Å². The van der Waals surface area contributed by atoms with Gasteiger partial charge >= 0.3 is 5.97 Å². The number of esters is 1. The first-order valence-electron chi connectivity index (χ1n) is 14.0. The highest BCUT2D eigenvalue weighted by molar-refractivity contribution is 6.36. The molecule has 0 radical (unpaired) electrons. The Morgan fingerprint density at radius 3 is 2.36 bits per heavy atom. The lowest BCUT2D eigenvalue weighted by molar-refractivity contribution is -0.159. The molecule has 0 aromatic heterocycles. The highest BCUT2D eigenvalue weighted by Crippen LogP contribution is 2.43. The number of anilines is 2. The fraction of sp³-hybridized carbons (Fsp3) is 0.375. The molecule has 2 aliphatic rings. The fourth-order valence-electron chi connectivity index (χ4n) is 5.65. The van der Waals surface area contributed by atoms with Gasteiger partial charge in [-0.3, -0.25) is 9.59 Å². The number of amides is 1. The van der Waals surface area contributed by atoms with Crippen molar-refractivity contribution in [2.75, 3.05) is 43.2 Å². The van der Waals surface area contributed by atoms with Gasteiger partial charge in [0.2, 0.25) is 5.91 Å². The molecular formula is C32H33Cl3N2O5. The molecule has 0 atom stereocenters. The summed E-state index contributed by atoms with van der Waals surface area (Å²) in [7, 11) is 1.62. The van der Waals surface area contributed by atoms with Crippen molar-refractivity contribution in [3.8, 4) is 11.5 Å². The summed E-state index contributed by atoms with van der Waals surface area (Å²) in [4.78, 5) is 30.3. The third kappa shape index (κ3) is 6.29. The first-order valence-corrected chi connectivity index (χ1v) is 15.1. The van der Waals surface area contributed by atoms with E-state index in [2.05, 4.69) is 4.90 Å². The Balaban J connectivity index is 1.37. The average molecular weight is 632 g/mol. The number of benzene rings is 3. The van der Waals surface area contributed by atoms with Crippen LogP contribution in [0.3, 0.4) is 0 Å². The van der Waals surface area contributed by atoms with E-state index in [1.807, 2.05) is 42.5 Å². The molecule has 2 heterocycles. The van der Waals surface area contributed by atoms with Crippen LogP contribution in [0.15, 0.2) is 54.6 Å². The van der Waals surface area contributed by atoms with Crippen LogP contribution in [0.5, 0.6) is 11.5 Å². The number of nitrogens with zero attached hydrogens (tertiary/aromatic N) is 2.